The smallest absolute Gasteiger partial charge is 0.146 e. The Morgan fingerprint density at radius 2 is 2.05 bits per heavy atom. The van der Waals surface area contributed by atoms with Crippen LogP contribution in [0.2, 0.25) is 0 Å². The van der Waals surface area contributed by atoms with Crippen LogP contribution in [0.3, 0.4) is 0 Å². The van der Waals surface area contributed by atoms with Crippen molar-refractivity contribution in [2.24, 2.45) is 17.8 Å². The molecular formula is C17H32O2. The predicted octanol–water partition coefficient (Wildman–Crippen LogP) is 4.79. The highest BCUT2D eigenvalue weighted by atomic mass is 16.7. The average Bonchev–Trinajstić information content (AvgIpc) is 2.35. The molecule has 0 aromatic rings. The van der Waals surface area contributed by atoms with Gasteiger partial charge in [0.25, 0.3) is 0 Å². The third-order valence-corrected chi connectivity index (χ3v) is 4.41. The maximum atomic E-state index is 5.93. The summed E-state index contributed by atoms with van der Waals surface area (Å²) in [6, 6.07) is 0. The highest BCUT2D eigenvalue weighted by Gasteiger charge is 2.32. The lowest BCUT2D eigenvalue weighted by atomic mass is 9.73. The van der Waals surface area contributed by atoms with Gasteiger partial charge in [-0.3, -0.25) is 0 Å². The molecule has 0 aromatic carbocycles. The van der Waals surface area contributed by atoms with Gasteiger partial charge in [-0.15, -0.1) is 0 Å². The first-order chi connectivity index (χ1) is 9.04. The Kier molecular flexibility index (Phi) is 7.70. The van der Waals surface area contributed by atoms with Crippen molar-refractivity contribution in [3.05, 3.63) is 11.6 Å². The number of hydrogen-bond donors (Lipinski definition) is 0. The average molecular weight is 268 g/mol. The van der Waals surface area contributed by atoms with E-state index in [4.69, 9.17) is 9.47 Å². The fraction of sp³-hybridized carbons (Fsp3) is 0.882. The van der Waals surface area contributed by atoms with Crippen molar-refractivity contribution < 1.29 is 9.47 Å². The molecular weight excluding hydrogens is 236 g/mol. The zero-order valence-electron chi connectivity index (χ0n) is 13.4. The van der Waals surface area contributed by atoms with Crippen LogP contribution in [0.15, 0.2) is 11.6 Å². The second-order valence-corrected chi connectivity index (χ2v) is 6.53. The highest BCUT2D eigenvalue weighted by molar-refractivity contribution is 4.93. The molecule has 2 heteroatoms. The fourth-order valence-corrected chi connectivity index (χ4v) is 3.20. The third-order valence-electron chi connectivity index (χ3n) is 4.41. The molecule has 1 aliphatic rings. The summed E-state index contributed by atoms with van der Waals surface area (Å²) >= 11 is 0. The minimum atomic E-state index is 0.394. The number of hydrogen-bond acceptors (Lipinski definition) is 2. The van der Waals surface area contributed by atoms with Gasteiger partial charge in [0.15, 0.2) is 0 Å². The largest absolute Gasteiger partial charge is 0.359 e. The Morgan fingerprint density at radius 3 is 2.68 bits per heavy atom. The molecule has 0 heterocycles. The van der Waals surface area contributed by atoms with Crippen LogP contribution in [0.4, 0.5) is 0 Å². The topological polar surface area (TPSA) is 18.5 Å². The highest BCUT2D eigenvalue weighted by Crippen LogP contribution is 2.37. The normalized spacial score (nSPS) is 29.0. The summed E-state index contributed by atoms with van der Waals surface area (Å²) in [5, 5.41) is 0. The maximum absolute atomic E-state index is 5.93. The van der Waals surface area contributed by atoms with Crippen LogP contribution in [0.1, 0.15) is 59.8 Å². The first-order valence-corrected chi connectivity index (χ1v) is 7.78. The summed E-state index contributed by atoms with van der Waals surface area (Å²) in [4.78, 5) is 0. The van der Waals surface area contributed by atoms with Gasteiger partial charge in [0.1, 0.15) is 6.79 Å². The van der Waals surface area contributed by atoms with E-state index in [0.29, 0.717) is 18.8 Å². The molecule has 4 atom stereocenters. The van der Waals surface area contributed by atoms with Crippen LogP contribution in [-0.4, -0.2) is 20.0 Å². The van der Waals surface area contributed by atoms with Gasteiger partial charge in [-0.25, -0.2) is 0 Å². The quantitative estimate of drug-likeness (QED) is 0.488. The summed E-state index contributed by atoms with van der Waals surface area (Å²) < 4.78 is 11.0. The van der Waals surface area contributed by atoms with Crippen LogP contribution in [0, 0.1) is 17.8 Å². The van der Waals surface area contributed by atoms with Gasteiger partial charge in [-0.2, -0.15) is 0 Å². The lowest BCUT2D eigenvalue weighted by Crippen LogP contribution is -2.35. The maximum Gasteiger partial charge on any atom is 0.146 e. The van der Waals surface area contributed by atoms with E-state index in [0.717, 1.165) is 11.8 Å². The van der Waals surface area contributed by atoms with Crippen LogP contribution < -0.4 is 0 Å². The Morgan fingerprint density at radius 1 is 1.32 bits per heavy atom. The van der Waals surface area contributed by atoms with Gasteiger partial charge in [0.2, 0.25) is 0 Å². The summed E-state index contributed by atoms with van der Waals surface area (Å²) in [7, 11) is 1.71. The molecule has 0 aliphatic heterocycles. The third kappa shape index (κ3) is 6.09. The molecule has 0 saturated heterocycles. The number of rotatable bonds is 7. The zero-order valence-corrected chi connectivity index (χ0v) is 13.4. The SMILES string of the molecule is COCO[C@H]1C[C@H](C)CC[C@H]1[C@H](C)CCC=C(C)C. The molecule has 112 valence electrons. The van der Waals surface area contributed by atoms with Crippen LogP contribution in [0.25, 0.3) is 0 Å². The zero-order chi connectivity index (χ0) is 14.3. The van der Waals surface area contributed by atoms with Crippen molar-refractivity contribution in [1.29, 1.82) is 0 Å². The van der Waals surface area contributed by atoms with E-state index in [1.54, 1.807) is 7.11 Å². The minimum Gasteiger partial charge on any atom is -0.359 e. The lowest BCUT2D eigenvalue weighted by Gasteiger charge is -2.38. The standard InChI is InChI=1S/C17H32O2/c1-13(2)7-6-8-15(4)16-10-9-14(3)11-17(16)19-12-18-5/h7,14-17H,6,8-12H2,1-5H3/t14-,15-,16+,17+/m1/s1. The monoisotopic (exact) mass is 268 g/mol. The number of allylic oxidation sites excluding steroid dienone is 2. The number of methoxy groups -OCH3 is 1. The van der Waals surface area contributed by atoms with E-state index in [1.165, 1.54) is 37.7 Å². The molecule has 0 N–H and O–H groups in total. The lowest BCUT2D eigenvalue weighted by molar-refractivity contribution is -0.117. The van der Waals surface area contributed by atoms with Gasteiger partial charge in [0.05, 0.1) is 6.10 Å². The molecule has 1 aliphatic carbocycles. The minimum absolute atomic E-state index is 0.394. The van der Waals surface area contributed by atoms with Crippen molar-refractivity contribution >= 4 is 0 Å². The Bertz CT molecular complexity index is 268. The number of ether oxygens (including phenoxy) is 2. The Labute approximate surface area is 119 Å². The first kappa shape index (κ1) is 16.7. The van der Waals surface area contributed by atoms with Gasteiger partial charge in [-0.1, -0.05) is 31.9 Å². The van der Waals surface area contributed by atoms with Gasteiger partial charge in [0, 0.05) is 7.11 Å². The van der Waals surface area contributed by atoms with E-state index >= 15 is 0 Å². The van der Waals surface area contributed by atoms with E-state index in [2.05, 4.69) is 33.8 Å². The van der Waals surface area contributed by atoms with E-state index < -0.39 is 0 Å². The summed E-state index contributed by atoms with van der Waals surface area (Å²) in [5.41, 5.74) is 1.43. The molecule has 0 aromatic heterocycles. The molecule has 0 unspecified atom stereocenters. The fourth-order valence-electron chi connectivity index (χ4n) is 3.20. The van der Waals surface area contributed by atoms with Crippen LogP contribution in [0.5, 0.6) is 0 Å². The molecule has 1 fully saturated rings. The van der Waals surface area contributed by atoms with Gasteiger partial charge >= 0.3 is 0 Å². The van der Waals surface area contributed by atoms with Crippen molar-refractivity contribution in [2.45, 2.75) is 65.9 Å². The Hall–Kier alpha value is -0.340. The van der Waals surface area contributed by atoms with E-state index in [-0.39, 0.29) is 0 Å². The molecule has 0 bridgehead atoms. The second kappa shape index (κ2) is 8.76. The van der Waals surface area contributed by atoms with Crippen molar-refractivity contribution in [3.8, 4) is 0 Å². The molecule has 19 heavy (non-hydrogen) atoms. The Balaban J connectivity index is 2.48. The van der Waals surface area contributed by atoms with Crippen molar-refractivity contribution in [3.63, 3.8) is 0 Å². The second-order valence-electron chi connectivity index (χ2n) is 6.53. The van der Waals surface area contributed by atoms with Crippen LogP contribution in [-0.2, 0) is 9.47 Å². The first-order valence-electron chi connectivity index (χ1n) is 7.78. The van der Waals surface area contributed by atoms with E-state index in [1.807, 2.05) is 0 Å². The van der Waals surface area contributed by atoms with Crippen LogP contribution >= 0.6 is 0 Å². The molecule has 0 amide bonds. The summed E-state index contributed by atoms with van der Waals surface area (Å²) in [5.74, 6) is 2.24. The molecule has 2 nitrogen and oxygen atoms in total. The molecule has 1 rings (SSSR count). The predicted molar refractivity (Wildman–Crippen MR) is 81.1 cm³/mol. The molecule has 0 radical (unpaired) electrons. The summed E-state index contributed by atoms with van der Waals surface area (Å²) in [6.07, 6.45) is 9.08. The van der Waals surface area contributed by atoms with Crippen molar-refractivity contribution in [2.75, 3.05) is 13.9 Å². The summed E-state index contributed by atoms with van der Waals surface area (Å²) in [6.45, 7) is 9.53. The molecule has 1 saturated carbocycles. The van der Waals surface area contributed by atoms with Gasteiger partial charge in [-0.05, 0) is 57.3 Å². The van der Waals surface area contributed by atoms with Gasteiger partial charge < -0.3 is 9.47 Å². The molecule has 0 spiro atoms. The van der Waals surface area contributed by atoms with E-state index in [9.17, 15) is 0 Å². The van der Waals surface area contributed by atoms with Crippen molar-refractivity contribution in [1.82, 2.24) is 0 Å².